The van der Waals surface area contributed by atoms with E-state index in [1.54, 1.807) is 0 Å². The zero-order chi connectivity index (χ0) is 13.5. The number of nitrogens with zero attached hydrogens (tertiary/aromatic N) is 2. The standard InChI is InChI=1S/C12H23N5S/c1-5-18-7-6-8(2)14-11-9(3)12(17-13)16-10(4)15-11/h8H,5-7,13H2,1-4H3,(H2,14,15,16,17). The Morgan fingerprint density at radius 3 is 2.56 bits per heavy atom. The lowest BCUT2D eigenvalue weighted by molar-refractivity contribution is 0.762. The largest absolute Gasteiger partial charge is 0.367 e. The van der Waals surface area contributed by atoms with Crippen molar-refractivity contribution >= 4 is 23.4 Å². The molecule has 18 heavy (non-hydrogen) atoms. The van der Waals surface area contributed by atoms with Crippen LogP contribution in [-0.2, 0) is 0 Å². The van der Waals surface area contributed by atoms with Crippen molar-refractivity contribution in [3.8, 4) is 0 Å². The zero-order valence-corrected chi connectivity index (χ0v) is 12.4. The van der Waals surface area contributed by atoms with Crippen LogP contribution in [0.2, 0.25) is 0 Å². The normalized spacial score (nSPS) is 12.3. The molecule has 0 saturated carbocycles. The molecule has 102 valence electrons. The first kappa shape index (κ1) is 15.0. The van der Waals surface area contributed by atoms with Crippen molar-refractivity contribution in [3.63, 3.8) is 0 Å². The van der Waals surface area contributed by atoms with E-state index in [9.17, 15) is 0 Å². The maximum absolute atomic E-state index is 5.45. The van der Waals surface area contributed by atoms with E-state index in [4.69, 9.17) is 5.84 Å². The van der Waals surface area contributed by atoms with E-state index in [1.165, 1.54) is 5.75 Å². The number of rotatable bonds is 7. The van der Waals surface area contributed by atoms with Gasteiger partial charge in [0.15, 0.2) is 0 Å². The highest BCUT2D eigenvalue weighted by molar-refractivity contribution is 7.99. The average molecular weight is 269 g/mol. The molecule has 1 atom stereocenters. The van der Waals surface area contributed by atoms with Gasteiger partial charge < -0.3 is 10.7 Å². The van der Waals surface area contributed by atoms with Gasteiger partial charge in [0.2, 0.25) is 0 Å². The molecular formula is C12H23N5S. The molecule has 1 rings (SSSR count). The molecule has 0 spiro atoms. The van der Waals surface area contributed by atoms with Crippen LogP contribution in [0.25, 0.3) is 0 Å². The fourth-order valence-electron chi connectivity index (χ4n) is 1.62. The van der Waals surface area contributed by atoms with Crippen molar-refractivity contribution in [1.82, 2.24) is 9.97 Å². The summed E-state index contributed by atoms with van der Waals surface area (Å²) in [5.74, 6) is 10.0. The van der Waals surface area contributed by atoms with E-state index < -0.39 is 0 Å². The SMILES string of the molecule is CCSCCC(C)Nc1nc(C)nc(NN)c1C. The third-order valence-electron chi connectivity index (χ3n) is 2.68. The van der Waals surface area contributed by atoms with Gasteiger partial charge in [-0.3, -0.25) is 0 Å². The van der Waals surface area contributed by atoms with Gasteiger partial charge in [0.25, 0.3) is 0 Å². The van der Waals surface area contributed by atoms with Crippen LogP contribution in [0.3, 0.4) is 0 Å². The lowest BCUT2D eigenvalue weighted by Gasteiger charge is -2.17. The highest BCUT2D eigenvalue weighted by Crippen LogP contribution is 2.20. The van der Waals surface area contributed by atoms with E-state index in [-0.39, 0.29) is 0 Å². The predicted molar refractivity (Wildman–Crippen MR) is 80.0 cm³/mol. The summed E-state index contributed by atoms with van der Waals surface area (Å²) in [6.07, 6.45) is 1.12. The Balaban J connectivity index is 2.68. The van der Waals surface area contributed by atoms with Gasteiger partial charge in [0.05, 0.1) is 0 Å². The second kappa shape index (κ2) is 7.43. The summed E-state index contributed by atoms with van der Waals surface area (Å²) in [5, 5.41) is 3.42. The summed E-state index contributed by atoms with van der Waals surface area (Å²) in [4.78, 5) is 8.67. The summed E-state index contributed by atoms with van der Waals surface area (Å²) >= 11 is 1.96. The van der Waals surface area contributed by atoms with Crippen LogP contribution in [0.4, 0.5) is 11.6 Å². The van der Waals surface area contributed by atoms with Crippen LogP contribution >= 0.6 is 11.8 Å². The van der Waals surface area contributed by atoms with Crippen LogP contribution in [0.5, 0.6) is 0 Å². The minimum absolute atomic E-state index is 0.391. The van der Waals surface area contributed by atoms with Gasteiger partial charge in [-0.2, -0.15) is 11.8 Å². The smallest absolute Gasteiger partial charge is 0.148 e. The number of thioether (sulfide) groups is 1. The number of nitrogens with two attached hydrogens (primary N) is 1. The van der Waals surface area contributed by atoms with Gasteiger partial charge in [-0.15, -0.1) is 0 Å². The summed E-state index contributed by atoms with van der Waals surface area (Å²) in [7, 11) is 0. The molecule has 0 aliphatic rings. The molecule has 0 aliphatic carbocycles. The van der Waals surface area contributed by atoms with Gasteiger partial charge in [0, 0.05) is 11.6 Å². The van der Waals surface area contributed by atoms with Crippen LogP contribution in [0, 0.1) is 13.8 Å². The van der Waals surface area contributed by atoms with Gasteiger partial charge in [-0.25, -0.2) is 15.8 Å². The molecule has 0 saturated heterocycles. The predicted octanol–water partition coefficient (Wildman–Crippen LogP) is 2.32. The number of nitrogens with one attached hydrogen (secondary N) is 2. The number of anilines is 2. The number of aromatic nitrogens is 2. The van der Waals surface area contributed by atoms with Crippen molar-refractivity contribution in [2.45, 2.75) is 40.2 Å². The number of aryl methyl sites for hydroxylation is 1. The molecule has 0 aliphatic heterocycles. The highest BCUT2D eigenvalue weighted by atomic mass is 32.2. The van der Waals surface area contributed by atoms with Crippen molar-refractivity contribution in [1.29, 1.82) is 0 Å². The minimum Gasteiger partial charge on any atom is -0.367 e. The van der Waals surface area contributed by atoms with Crippen LogP contribution in [0.15, 0.2) is 0 Å². The first-order chi connectivity index (χ1) is 8.58. The molecule has 1 aromatic rings. The highest BCUT2D eigenvalue weighted by Gasteiger charge is 2.10. The fourth-order valence-corrected chi connectivity index (χ4v) is 2.43. The molecule has 0 bridgehead atoms. The van der Waals surface area contributed by atoms with E-state index in [0.29, 0.717) is 17.7 Å². The number of hydrogen-bond acceptors (Lipinski definition) is 6. The average Bonchev–Trinajstić information content (AvgIpc) is 2.33. The summed E-state index contributed by atoms with van der Waals surface area (Å²) < 4.78 is 0. The maximum Gasteiger partial charge on any atom is 0.148 e. The van der Waals surface area contributed by atoms with Crippen molar-refractivity contribution in [3.05, 3.63) is 11.4 Å². The number of nitrogen functional groups attached to an aromatic ring is 1. The van der Waals surface area contributed by atoms with Crippen LogP contribution < -0.4 is 16.6 Å². The Morgan fingerprint density at radius 2 is 1.94 bits per heavy atom. The molecule has 0 aromatic carbocycles. The Hall–Kier alpha value is -1.01. The van der Waals surface area contributed by atoms with Crippen molar-refractivity contribution < 1.29 is 0 Å². The molecular weight excluding hydrogens is 246 g/mol. The van der Waals surface area contributed by atoms with Gasteiger partial charge >= 0.3 is 0 Å². The second-order valence-electron chi connectivity index (χ2n) is 4.27. The molecule has 0 fully saturated rings. The van der Waals surface area contributed by atoms with E-state index >= 15 is 0 Å². The Morgan fingerprint density at radius 1 is 1.28 bits per heavy atom. The first-order valence-electron chi connectivity index (χ1n) is 6.24. The van der Waals surface area contributed by atoms with Gasteiger partial charge in [0.1, 0.15) is 17.5 Å². The van der Waals surface area contributed by atoms with E-state index in [0.717, 1.165) is 23.6 Å². The van der Waals surface area contributed by atoms with E-state index in [1.807, 2.05) is 25.6 Å². The molecule has 0 radical (unpaired) electrons. The Kier molecular flexibility index (Phi) is 6.21. The topological polar surface area (TPSA) is 75.9 Å². The lowest BCUT2D eigenvalue weighted by atomic mass is 10.2. The third kappa shape index (κ3) is 4.34. The monoisotopic (exact) mass is 269 g/mol. The van der Waals surface area contributed by atoms with Crippen molar-refractivity contribution in [2.24, 2.45) is 5.84 Å². The van der Waals surface area contributed by atoms with Crippen LogP contribution in [0.1, 0.15) is 31.7 Å². The summed E-state index contributed by atoms with van der Waals surface area (Å²) in [5.41, 5.74) is 3.56. The van der Waals surface area contributed by atoms with E-state index in [2.05, 4.69) is 34.6 Å². The van der Waals surface area contributed by atoms with Gasteiger partial charge in [-0.1, -0.05) is 6.92 Å². The lowest BCUT2D eigenvalue weighted by Crippen LogP contribution is -2.20. The number of hydrazine groups is 1. The molecule has 6 heteroatoms. The fraction of sp³-hybridized carbons (Fsp3) is 0.667. The Labute approximate surface area is 113 Å². The molecule has 4 N–H and O–H groups in total. The zero-order valence-electron chi connectivity index (χ0n) is 11.6. The van der Waals surface area contributed by atoms with Crippen molar-refractivity contribution in [2.75, 3.05) is 22.2 Å². The quantitative estimate of drug-likeness (QED) is 0.401. The van der Waals surface area contributed by atoms with Gasteiger partial charge in [-0.05, 0) is 38.7 Å². The molecule has 0 amide bonds. The summed E-state index contributed by atoms with van der Waals surface area (Å²) in [6, 6.07) is 0.391. The molecule has 5 nitrogen and oxygen atoms in total. The first-order valence-corrected chi connectivity index (χ1v) is 7.40. The molecule has 1 unspecified atom stereocenters. The Bertz CT molecular complexity index is 383. The summed E-state index contributed by atoms with van der Waals surface area (Å²) in [6.45, 7) is 8.18. The second-order valence-corrected chi connectivity index (χ2v) is 5.66. The molecule has 1 heterocycles. The number of hydrogen-bond donors (Lipinski definition) is 3. The maximum atomic E-state index is 5.45. The third-order valence-corrected chi connectivity index (χ3v) is 3.61. The minimum atomic E-state index is 0.391. The van der Waals surface area contributed by atoms with Crippen LogP contribution in [-0.4, -0.2) is 27.5 Å². The molecule has 1 aromatic heterocycles.